The number of allylic oxidation sites excluding steroid dienone is 1. The summed E-state index contributed by atoms with van der Waals surface area (Å²) >= 11 is 0. The SMILES string of the molecule is CC1=CC(C)=N[N+]2=CC=NC12. The van der Waals surface area contributed by atoms with Crippen LogP contribution in [-0.2, 0) is 0 Å². The molecule has 0 aromatic rings. The fourth-order valence-electron chi connectivity index (χ4n) is 1.37. The quantitative estimate of drug-likeness (QED) is 0.455. The Balaban J connectivity index is 2.45. The topological polar surface area (TPSA) is 27.7 Å². The minimum absolute atomic E-state index is 0.138. The van der Waals surface area contributed by atoms with Gasteiger partial charge in [-0.15, -0.1) is 0 Å². The van der Waals surface area contributed by atoms with E-state index in [1.54, 1.807) is 6.21 Å². The van der Waals surface area contributed by atoms with E-state index in [9.17, 15) is 0 Å². The Morgan fingerprint density at radius 2 is 2.27 bits per heavy atom. The lowest BCUT2D eigenvalue weighted by Gasteiger charge is -2.07. The van der Waals surface area contributed by atoms with Crippen molar-refractivity contribution in [3.63, 3.8) is 0 Å². The lowest BCUT2D eigenvalue weighted by Crippen LogP contribution is -2.23. The van der Waals surface area contributed by atoms with Crippen LogP contribution < -0.4 is 0 Å². The molecule has 11 heavy (non-hydrogen) atoms. The average molecular weight is 148 g/mol. The van der Waals surface area contributed by atoms with Crippen LogP contribution in [-0.4, -0.2) is 29.0 Å². The van der Waals surface area contributed by atoms with E-state index < -0.39 is 0 Å². The zero-order valence-corrected chi connectivity index (χ0v) is 6.65. The third-order valence-corrected chi connectivity index (χ3v) is 1.81. The summed E-state index contributed by atoms with van der Waals surface area (Å²) in [5, 5.41) is 4.29. The highest BCUT2D eigenvalue weighted by atomic mass is 15.4. The van der Waals surface area contributed by atoms with Crippen molar-refractivity contribution < 1.29 is 4.68 Å². The molecule has 3 heteroatoms. The van der Waals surface area contributed by atoms with E-state index in [-0.39, 0.29) is 6.17 Å². The summed E-state index contributed by atoms with van der Waals surface area (Å²) in [5.41, 5.74) is 2.29. The maximum absolute atomic E-state index is 4.29. The highest BCUT2D eigenvalue weighted by molar-refractivity contribution is 6.14. The molecule has 2 aliphatic heterocycles. The van der Waals surface area contributed by atoms with E-state index in [4.69, 9.17) is 0 Å². The Labute approximate surface area is 65.5 Å². The van der Waals surface area contributed by atoms with Crippen molar-refractivity contribution in [3.8, 4) is 0 Å². The number of hydrogen-bond donors (Lipinski definition) is 0. The third kappa shape index (κ3) is 0.926. The fourth-order valence-corrected chi connectivity index (χ4v) is 1.37. The van der Waals surface area contributed by atoms with Gasteiger partial charge >= 0.3 is 0 Å². The molecule has 0 saturated carbocycles. The van der Waals surface area contributed by atoms with Gasteiger partial charge in [0.25, 0.3) is 6.17 Å². The molecule has 0 aromatic carbocycles. The molecule has 2 aliphatic rings. The minimum Gasteiger partial charge on any atom is -0.213 e. The Hall–Kier alpha value is -1.25. The second-order valence-corrected chi connectivity index (χ2v) is 2.83. The summed E-state index contributed by atoms with van der Waals surface area (Å²) in [6.07, 6.45) is 5.89. The summed E-state index contributed by atoms with van der Waals surface area (Å²) < 4.78 is 1.88. The van der Waals surface area contributed by atoms with Gasteiger partial charge in [-0.1, -0.05) is 4.68 Å². The molecule has 1 unspecified atom stereocenters. The summed E-state index contributed by atoms with van der Waals surface area (Å²) in [4.78, 5) is 4.24. The molecule has 0 aliphatic carbocycles. The smallest absolute Gasteiger partial charge is 0.213 e. The normalized spacial score (nSPS) is 27.5. The molecule has 0 fully saturated rings. The molecule has 0 bridgehead atoms. The monoisotopic (exact) mass is 148 g/mol. The third-order valence-electron chi connectivity index (χ3n) is 1.81. The maximum Gasteiger partial charge on any atom is 0.298 e. The van der Waals surface area contributed by atoms with E-state index in [2.05, 4.69) is 23.1 Å². The molecule has 0 saturated heterocycles. The highest BCUT2D eigenvalue weighted by Crippen LogP contribution is 2.14. The van der Waals surface area contributed by atoms with Crippen molar-refractivity contribution in [3.05, 3.63) is 11.6 Å². The predicted octanol–water partition coefficient (Wildman–Crippen LogP) is 0.816. The Kier molecular flexibility index (Phi) is 1.24. The van der Waals surface area contributed by atoms with Gasteiger partial charge < -0.3 is 0 Å². The van der Waals surface area contributed by atoms with Gasteiger partial charge in [0.15, 0.2) is 0 Å². The number of rotatable bonds is 0. The standard InChI is InChI=1S/C8H10N3/c1-6-5-7(2)10-11-4-3-9-8(6)11/h3-5,8H,1-2H3/q+1. The number of hydrazone groups is 1. The van der Waals surface area contributed by atoms with Gasteiger partial charge in [-0.05, 0) is 25.0 Å². The zero-order valence-electron chi connectivity index (χ0n) is 6.65. The average Bonchev–Trinajstić information content (AvgIpc) is 2.34. The highest BCUT2D eigenvalue weighted by Gasteiger charge is 2.28. The van der Waals surface area contributed by atoms with Crippen LogP contribution in [0.4, 0.5) is 0 Å². The van der Waals surface area contributed by atoms with Crippen molar-refractivity contribution in [2.75, 3.05) is 0 Å². The van der Waals surface area contributed by atoms with Gasteiger partial charge in [0.2, 0.25) is 6.21 Å². The Morgan fingerprint density at radius 3 is 3.09 bits per heavy atom. The number of hydrogen-bond acceptors (Lipinski definition) is 2. The van der Waals surface area contributed by atoms with Crippen LogP contribution in [0.2, 0.25) is 0 Å². The molecule has 0 radical (unpaired) electrons. The van der Waals surface area contributed by atoms with Gasteiger partial charge in [0.1, 0.15) is 5.71 Å². The number of fused-ring (bicyclic) bond motifs is 1. The Bertz CT molecular complexity index is 307. The molecule has 0 N–H and O–H groups in total. The molecule has 0 amide bonds. The summed E-state index contributed by atoms with van der Waals surface area (Å²) in [6, 6.07) is 0. The first-order chi connectivity index (χ1) is 5.27. The van der Waals surface area contributed by atoms with Crippen LogP contribution in [0.15, 0.2) is 21.7 Å². The van der Waals surface area contributed by atoms with Gasteiger partial charge in [-0.2, -0.15) is 0 Å². The van der Waals surface area contributed by atoms with E-state index in [0.29, 0.717) is 0 Å². The van der Waals surface area contributed by atoms with E-state index in [0.717, 1.165) is 5.71 Å². The second kappa shape index (κ2) is 2.12. The van der Waals surface area contributed by atoms with Crippen LogP contribution in [0.1, 0.15) is 13.8 Å². The molecule has 0 spiro atoms. The molecule has 56 valence electrons. The fraction of sp³-hybridized carbons (Fsp3) is 0.375. The first kappa shape index (κ1) is 6.46. The van der Waals surface area contributed by atoms with Gasteiger partial charge in [-0.25, -0.2) is 4.99 Å². The van der Waals surface area contributed by atoms with Gasteiger partial charge in [-0.3, -0.25) is 0 Å². The van der Waals surface area contributed by atoms with Crippen LogP contribution >= 0.6 is 0 Å². The van der Waals surface area contributed by atoms with E-state index in [1.807, 2.05) is 17.8 Å². The summed E-state index contributed by atoms with van der Waals surface area (Å²) in [6.45, 7) is 4.07. The largest absolute Gasteiger partial charge is 0.298 e. The van der Waals surface area contributed by atoms with Gasteiger partial charge in [0, 0.05) is 5.57 Å². The molecule has 2 heterocycles. The summed E-state index contributed by atoms with van der Waals surface area (Å²) in [5.74, 6) is 0. The molecular formula is C8H10N3+. The van der Waals surface area contributed by atoms with Gasteiger partial charge in [0.05, 0.1) is 6.21 Å². The van der Waals surface area contributed by atoms with E-state index >= 15 is 0 Å². The minimum atomic E-state index is 0.138. The first-order valence-corrected chi connectivity index (χ1v) is 3.66. The lowest BCUT2D eigenvalue weighted by atomic mass is 10.2. The molecular weight excluding hydrogens is 138 g/mol. The predicted molar refractivity (Wildman–Crippen MR) is 45.5 cm³/mol. The maximum atomic E-state index is 4.29. The zero-order chi connectivity index (χ0) is 7.84. The molecule has 1 atom stereocenters. The van der Waals surface area contributed by atoms with Crippen molar-refractivity contribution in [2.24, 2.45) is 10.1 Å². The van der Waals surface area contributed by atoms with Crippen LogP contribution in [0.25, 0.3) is 0 Å². The van der Waals surface area contributed by atoms with Crippen molar-refractivity contribution in [1.29, 1.82) is 0 Å². The van der Waals surface area contributed by atoms with Crippen molar-refractivity contribution >= 4 is 18.1 Å². The summed E-state index contributed by atoms with van der Waals surface area (Å²) in [7, 11) is 0. The van der Waals surface area contributed by atoms with Crippen LogP contribution in [0.5, 0.6) is 0 Å². The van der Waals surface area contributed by atoms with Crippen LogP contribution in [0.3, 0.4) is 0 Å². The van der Waals surface area contributed by atoms with Crippen molar-refractivity contribution in [2.45, 2.75) is 20.0 Å². The lowest BCUT2D eigenvalue weighted by molar-refractivity contribution is -0.552. The molecule has 2 rings (SSSR count). The van der Waals surface area contributed by atoms with Crippen LogP contribution in [0, 0.1) is 0 Å². The second-order valence-electron chi connectivity index (χ2n) is 2.83. The number of aliphatic imine (C=N–C) groups is 1. The molecule has 0 aromatic heterocycles. The number of nitrogens with zero attached hydrogens (tertiary/aromatic N) is 3. The Morgan fingerprint density at radius 1 is 1.45 bits per heavy atom. The van der Waals surface area contributed by atoms with E-state index in [1.165, 1.54) is 5.57 Å². The van der Waals surface area contributed by atoms with Crippen molar-refractivity contribution in [1.82, 2.24) is 0 Å². The molecule has 3 nitrogen and oxygen atoms in total. The first-order valence-electron chi connectivity index (χ1n) is 3.66.